The lowest BCUT2D eigenvalue weighted by atomic mass is 9.99. The number of anilines is 1. The van der Waals surface area contributed by atoms with Gasteiger partial charge in [0.2, 0.25) is 0 Å². The number of hydrogen-bond acceptors (Lipinski definition) is 4. The fraction of sp³-hybridized carbons (Fsp3) is 0.188. The van der Waals surface area contributed by atoms with Crippen LogP contribution in [0.2, 0.25) is 0 Å². The van der Waals surface area contributed by atoms with Crippen molar-refractivity contribution in [2.24, 2.45) is 0 Å². The molecule has 0 unspecified atom stereocenters. The number of nitrogen functional groups attached to an aromatic ring is 1. The molecule has 0 bridgehead atoms. The first-order valence-corrected chi connectivity index (χ1v) is 6.20. The Kier molecular flexibility index (Phi) is 3.94. The van der Waals surface area contributed by atoms with Crippen LogP contribution in [-0.4, -0.2) is 20.0 Å². The number of carbonyl (C=O) groups is 1. The largest absolute Gasteiger partial charge is 0.493 e. The summed E-state index contributed by atoms with van der Waals surface area (Å²) in [5, 5.41) is 0. The molecule has 104 valence electrons. The van der Waals surface area contributed by atoms with Crippen molar-refractivity contribution in [3.05, 3.63) is 53.1 Å². The molecule has 0 aromatic heterocycles. The van der Waals surface area contributed by atoms with E-state index < -0.39 is 0 Å². The molecule has 0 aliphatic heterocycles. The van der Waals surface area contributed by atoms with Crippen LogP contribution in [0.15, 0.2) is 36.4 Å². The van der Waals surface area contributed by atoms with Gasteiger partial charge < -0.3 is 15.2 Å². The predicted molar refractivity (Wildman–Crippen MR) is 78.6 cm³/mol. The average Bonchev–Trinajstić information content (AvgIpc) is 2.48. The highest BCUT2D eigenvalue weighted by molar-refractivity contribution is 6.12. The second-order valence-electron chi connectivity index (χ2n) is 4.44. The van der Waals surface area contributed by atoms with Gasteiger partial charge in [0.25, 0.3) is 0 Å². The number of nitrogens with two attached hydrogens (primary N) is 1. The minimum atomic E-state index is -0.132. The van der Waals surface area contributed by atoms with Crippen LogP contribution >= 0.6 is 0 Å². The molecule has 0 atom stereocenters. The molecule has 0 heterocycles. The van der Waals surface area contributed by atoms with Crippen molar-refractivity contribution < 1.29 is 14.3 Å². The zero-order chi connectivity index (χ0) is 14.7. The van der Waals surface area contributed by atoms with E-state index in [1.807, 2.05) is 19.1 Å². The van der Waals surface area contributed by atoms with Crippen molar-refractivity contribution in [2.75, 3.05) is 20.0 Å². The Hall–Kier alpha value is -2.49. The molecule has 4 nitrogen and oxygen atoms in total. The quantitative estimate of drug-likeness (QED) is 0.686. The van der Waals surface area contributed by atoms with E-state index in [1.54, 1.807) is 31.4 Å². The van der Waals surface area contributed by atoms with E-state index in [2.05, 4.69) is 0 Å². The van der Waals surface area contributed by atoms with Crippen molar-refractivity contribution in [1.29, 1.82) is 0 Å². The van der Waals surface area contributed by atoms with Gasteiger partial charge >= 0.3 is 0 Å². The highest BCUT2D eigenvalue weighted by atomic mass is 16.5. The fourth-order valence-corrected chi connectivity index (χ4v) is 2.01. The van der Waals surface area contributed by atoms with Gasteiger partial charge in [-0.25, -0.2) is 0 Å². The van der Waals surface area contributed by atoms with Gasteiger partial charge in [0.15, 0.2) is 17.3 Å². The summed E-state index contributed by atoms with van der Waals surface area (Å²) < 4.78 is 10.4. The number of benzene rings is 2. The topological polar surface area (TPSA) is 61.5 Å². The van der Waals surface area contributed by atoms with Crippen LogP contribution < -0.4 is 15.2 Å². The van der Waals surface area contributed by atoms with Gasteiger partial charge in [0.1, 0.15) is 0 Å². The summed E-state index contributed by atoms with van der Waals surface area (Å²) in [6.45, 7) is 1.88. The molecule has 0 aliphatic carbocycles. The maximum Gasteiger partial charge on any atom is 0.195 e. The first-order valence-electron chi connectivity index (χ1n) is 6.20. The van der Waals surface area contributed by atoms with Crippen LogP contribution in [0.25, 0.3) is 0 Å². The normalized spacial score (nSPS) is 10.2. The van der Waals surface area contributed by atoms with E-state index in [0.29, 0.717) is 28.3 Å². The lowest BCUT2D eigenvalue weighted by Gasteiger charge is -2.11. The molecule has 0 amide bonds. The first-order chi connectivity index (χ1) is 9.58. The summed E-state index contributed by atoms with van der Waals surface area (Å²) in [7, 11) is 3.09. The molecule has 2 aromatic rings. The number of methoxy groups -OCH3 is 2. The summed E-state index contributed by atoms with van der Waals surface area (Å²) in [4.78, 5) is 12.5. The number of carbonyl (C=O) groups excluding carboxylic acids is 1. The lowest BCUT2D eigenvalue weighted by molar-refractivity contribution is 0.103. The third-order valence-corrected chi connectivity index (χ3v) is 3.21. The maximum atomic E-state index is 12.5. The molecule has 0 spiro atoms. The molecular weight excluding hydrogens is 254 g/mol. The second-order valence-corrected chi connectivity index (χ2v) is 4.44. The number of rotatable bonds is 4. The molecule has 4 heteroatoms. The average molecular weight is 271 g/mol. The molecule has 2 N–H and O–H groups in total. The highest BCUT2D eigenvalue weighted by Crippen LogP contribution is 2.29. The van der Waals surface area contributed by atoms with Crippen molar-refractivity contribution in [1.82, 2.24) is 0 Å². The van der Waals surface area contributed by atoms with E-state index in [1.165, 1.54) is 7.11 Å². The lowest BCUT2D eigenvalue weighted by Crippen LogP contribution is -2.07. The predicted octanol–water partition coefficient (Wildman–Crippen LogP) is 2.83. The molecule has 0 saturated carbocycles. The Morgan fingerprint density at radius 1 is 1.05 bits per heavy atom. The zero-order valence-electron chi connectivity index (χ0n) is 11.8. The number of hydrogen-bond donors (Lipinski definition) is 1. The second kappa shape index (κ2) is 5.65. The monoisotopic (exact) mass is 271 g/mol. The minimum absolute atomic E-state index is 0.132. The number of ether oxygens (including phenoxy) is 2. The SMILES string of the molecule is COc1ccc(C(=O)c2cccc(C)c2N)cc1OC. The first kappa shape index (κ1) is 13.9. The Labute approximate surface area is 118 Å². The van der Waals surface area contributed by atoms with Crippen LogP contribution in [0.4, 0.5) is 5.69 Å². The smallest absolute Gasteiger partial charge is 0.195 e. The van der Waals surface area contributed by atoms with Gasteiger partial charge in [0.05, 0.1) is 14.2 Å². The highest BCUT2D eigenvalue weighted by Gasteiger charge is 2.15. The molecule has 0 fully saturated rings. The standard InChI is InChI=1S/C16H17NO3/c1-10-5-4-6-12(15(10)17)16(18)11-7-8-13(19-2)14(9-11)20-3/h4-9H,17H2,1-3H3. The summed E-state index contributed by atoms with van der Waals surface area (Å²) in [5.41, 5.74) is 8.37. The minimum Gasteiger partial charge on any atom is -0.493 e. The summed E-state index contributed by atoms with van der Waals surface area (Å²) in [5.74, 6) is 0.970. The summed E-state index contributed by atoms with van der Waals surface area (Å²) >= 11 is 0. The number of ketones is 1. The van der Waals surface area contributed by atoms with Crippen molar-refractivity contribution in [2.45, 2.75) is 6.92 Å². The van der Waals surface area contributed by atoms with E-state index in [9.17, 15) is 4.79 Å². The Bertz CT molecular complexity index is 650. The van der Waals surface area contributed by atoms with E-state index in [0.717, 1.165) is 5.56 Å². The molecular formula is C16H17NO3. The van der Waals surface area contributed by atoms with Crippen molar-refractivity contribution in [3.63, 3.8) is 0 Å². The molecule has 0 radical (unpaired) electrons. The molecule has 2 aromatic carbocycles. The number of aryl methyl sites for hydroxylation is 1. The van der Waals surface area contributed by atoms with Gasteiger partial charge in [-0.2, -0.15) is 0 Å². The third-order valence-electron chi connectivity index (χ3n) is 3.21. The summed E-state index contributed by atoms with van der Waals surface area (Å²) in [6.07, 6.45) is 0. The Morgan fingerprint density at radius 2 is 1.75 bits per heavy atom. The molecule has 0 aliphatic rings. The van der Waals surface area contributed by atoms with Crippen molar-refractivity contribution >= 4 is 11.5 Å². The van der Waals surface area contributed by atoms with E-state index in [-0.39, 0.29) is 5.78 Å². The third kappa shape index (κ3) is 2.45. The Morgan fingerprint density at radius 3 is 2.40 bits per heavy atom. The Balaban J connectivity index is 2.46. The van der Waals surface area contributed by atoms with Crippen LogP contribution in [0.1, 0.15) is 21.5 Å². The van der Waals surface area contributed by atoms with E-state index in [4.69, 9.17) is 15.2 Å². The van der Waals surface area contributed by atoms with Crippen LogP contribution in [0.3, 0.4) is 0 Å². The summed E-state index contributed by atoms with van der Waals surface area (Å²) in [6, 6.07) is 10.5. The van der Waals surface area contributed by atoms with Gasteiger partial charge in [0, 0.05) is 16.8 Å². The number of para-hydroxylation sites is 1. The molecule has 2 rings (SSSR count). The van der Waals surface area contributed by atoms with Gasteiger partial charge in [-0.3, -0.25) is 4.79 Å². The van der Waals surface area contributed by atoms with Crippen molar-refractivity contribution in [3.8, 4) is 11.5 Å². The van der Waals surface area contributed by atoms with Crippen LogP contribution in [0.5, 0.6) is 11.5 Å². The van der Waals surface area contributed by atoms with Crippen LogP contribution in [-0.2, 0) is 0 Å². The maximum absolute atomic E-state index is 12.5. The van der Waals surface area contributed by atoms with Gasteiger partial charge in [-0.1, -0.05) is 12.1 Å². The van der Waals surface area contributed by atoms with Gasteiger partial charge in [-0.05, 0) is 36.8 Å². The molecule has 0 saturated heterocycles. The van der Waals surface area contributed by atoms with Crippen LogP contribution in [0, 0.1) is 6.92 Å². The molecule has 20 heavy (non-hydrogen) atoms. The fourth-order valence-electron chi connectivity index (χ4n) is 2.01. The van der Waals surface area contributed by atoms with E-state index >= 15 is 0 Å². The zero-order valence-corrected chi connectivity index (χ0v) is 11.8. The van der Waals surface area contributed by atoms with Gasteiger partial charge in [-0.15, -0.1) is 0 Å².